The fraction of sp³-hybridized carbons (Fsp3) is 0.333. The zero-order valence-electron chi connectivity index (χ0n) is 15.9. The van der Waals surface area contributed by atoms with Crippen LogP contribution in [0.25, 0.3) is 0 Å². The highest BCUT2D eigenvalue weighted by atomic mass is 31.2. The Balaban J connectivity index is 2.54. The van der Waals surface area contributed by atoms with Gasteiger partial charge < -0.3 is 15.2 Å². The molecule has 0 saturated carbocycles. The van der Waals surface area contributed by atoms with E-state index in [0.717, 1.165) is 18.2 Å². The quantitative estimate of drug-likeness (QED) is 0.351. The summed E-state index contributed by atoms with van der Waals surface area (Å²) in [6, 6.07) is 10.9. The number of phenols is 1. The fourth-order valence-corrected chi connectivity index (χ4v) is 4.27. The van der Waals surface area contributed by atoms with Gasteiger partial charge in [0.15, 0.2) is 30.5 Å². The van der Waals surface area contributed by atoms with Gasteiger partial charge in [-0.05, 0) is 29.8 Å². The summed E-state index contributed by atoms with van der Waals surface area (Å²) in [5.74, 6) is -2.31. The SMILES string of the molecule is COc1cc(C(Nc2ccccc2)P(=O)(OCC(F)(F)F)OCC(F)(F)F)ccc1O. The molecule has 0 aromatic heterocycles. The molecule has 31 heavy (non-hydrogen) atoms. The van der Waals surface area contributed by atoms with Gasteiger partial charge in [-0.3, -0.25) is 13.6 Å². The van der Waals surface area contributed by atoms with E-state index in [2.05, 4.69) is 14.4 Å². The number of phenolic OH excluding ortho intramolecular Hbond substituents is 1. The Morgan fingerprint density at radius 2 is 1.52 bits per heavy atom. The van der Waals surface area contributed by atoms with Crippen molar-refractivity contribution < 1.29 is 49.8 Å². The molecule has 0 aliphatic heterocycles. The topological polar surface area (TPSA) is 77.0 Å². The van der Waals surface area contributed by atoms with Gasteiger partial charge in [0.2, 0.25) is 0 Å². The van der Waals surface area contributed by atoms with E-state index < -0.39 is 38.9 Å². The van der Waals surface area contributed by atoms with Gasteiger partial charge in [-0.1, -0.05) is 24.3 Å². The molecule has 0 fully saturated rings. The molecule has 0 aliphatic rings. The number of methoxy groups -OCH3 is 1. The second-order valence-electron chi connectivity index (χ2n) is 6.16. The van der Waals surface area contributed by atoms with Crippen LogP contribution in [0.3, 0.4) is 0 Å². The van der Waals surface area contributed by atoms with Crippen molar-refractivity contribution in [2.45, 2.75) is 18.1 Å². The molecular weight excluding hydrogens is 455 g/mol. The summed E-state index contributed by atoms with van der Waals surface area (Å²) in [7, 11) is -3.96. The monoisotopic (exact) mass is 473 g/mol. The number of benzene rings is 2. The number of ether oxygens (including phenoxy) is 1. The molecule has 1 atom stereocenters. The summed E-state index contributed by atoms with van der Waals surface area (Å²) in [5, 5.41) is 12.3. The lowest BCUT2D eigenvalue weighted by Gasteiger charge is -2.29. The van der Waals surface area contributed by atoms with Crippen molar-refractivity contribution in [1.29, 1.82) is 0 Å². The minimum atomic E-state index is -5.14. The van der Waals surface area contributed by atoms with Crippen LogP contribution in [0, 0.1) is 0 Å². The molecule has 6 nitrogen and oxygen atoms in total. The highest BCUT2D eigenvalue weighted by Gasteiger charge is 2.44. The number of alkyl halides is 6. The third-order valence-electron chi connectivity index (χ3n) is 3.73. The van der Waals surface area contributed by atoms with Crippen LogP contribution in [0.1, 0.15) is 11.3 Å². The first-order chi connectivity index (χ1) is 14.3. The van der Waals surface area contributed by atoms with Crippen LogP contribution in [0.5, 0.6) is 11.5 Å². The Hall–Kier alpha value is -2.43. The van der Waals surface area contributed by atoms with E-state index in [9.17, 15) is 36.0 Å². The molecule has 2 rings (SSSR count). The number of anilines is 1. The summed E-state index contributed by atoms with van der Waals surface area (Å²) >= 11 is 0. The molecule has 172 valence electrons. The number of hydrogen-bond acceptors (Lipinski definition) is 6. The zero-order chi connectivity index (χ0) is 23.3. The highest BCUT2D eigenvalue weighted by molar-refractivity contribution is 7.54. The Morgan fingerprint density at radius 1 is 0.968 bits per heavy atom. The van der Waals surface area contributed by atoms with Crippen LogP contribution < -0.4 is 10.1 Å². The lowest BCUT2D eigenvalue weighted by atomic mass is 10.2. The van der Waals surface area contributed by atoms with Gasteiger partial charge in [0.25, 0.3) is 0 Å². The smallest absolute Gasteiger partial charge is 0.412 e. The largest absolute Gasteiger partial charge is 0.504 e. The first-order valence-corrected chi connectivity index (χ1v) is 10.1. The third kappa shape index (κ3) is 7.64. The molecule has 0 heterocycles. The number of rotatable bonds is 9. The summed E-state index contributed by atoms with van der Waals surface area (Å²) < 4.78 is 103. The van der Waals surface area contributed by atoms with Crippen LogP contribution in [-0.4, -0.2) is 37.8 Å². The lowest BCUT2D eigenvalue weighted by molar-refractivity contribution is -0.165. The maximum Gasteiger partial charge on any atom is 0.412 e. The Labute approximate surface area is 173 Å². The van der Waals surface area contributed by atoms with Crippen molar-refractivity contribution in [3.63, 3.8) is 0 Å². The third-order valence-corrected chi connectivity index (χ3v) is 5.77. The number of aromatic hydroxyl groups is 1. The average Bonchev–Trinajstić information content (AvgIpc) is 2.69. The van der Waals surface area contributed by atoms with E-state index in [1.165, 1.54) is 31.4 Å². The van der Waals surface area contributed by atoms with Crippen molar-refractivity contribution in [2.75, 3.05) is 25.6 Å². The first kappa shape index (κ1) is 24.8. The second-order valence-corrected chi connectivity index (χ2v) is 8.27. The van der Waals surface area contributed by atoms with Crippen molar-refractivity contribution in [1.82, 2.24) is 0 Å². The number of halogens is 6. The van der Waals surface area contributed by atoms with Crippen molar-refractivity contribution in [3.8, 4) is 11.5 Å². The molecule has 0 saturated heterocycles. The minimum Gasteiger partial charge on any atom is -0.504 e. The van der Waals surface area contributed by atoms with E-state index in [-0.39, 0.29) is 22.7 Å². The molecule has 0 spiro atoms. The summed E-state index contributed by atoms with van der Waals surface area (Å²) in [5.41, 5.74) is 0.108. The molecule has 1 unspecified atom stereocenters. The Bertz CT molecular complexity index is 885. The molecule has 2 aromatic rings. The van der Waals surface area contributed by atoms with Crippen LogP contribution in [0.15, 0.2) is 48.5 Å². The van der Waals surface area contributed by atoms with Crippen LogP contribution in [0.4, 0.5) is 32.0 Å². The number of hydrogen-bond donors (Lipinski definition) is 2. The summed E-state index contributed by atoms with van der Waals surface area (Å²) in [6.45, 7) is -4.21. The Morgan fingerprint density at radius 3 is 2.00 bits per heavy atom. The van der Waals surface area contributed by atoms with E-state index >= 15 is 0 Å². The van der Waals surface area contributed by atoms with Crippen molar-refractivity contribution in [3.05, 3.63) is 54.1 Å². The first-order valence-electron chi connectivity index (χ1n) is 8.54. The summed E-state index contributed by atoms with van der Waals surface area (Å²) in [4.78, 5) is 0. The predicted molar refractivity (Wildman–Crippen MR) is 99.1 cm³/mol. The fourth-order valence-electron chi connectivity index (χ4n) is 2.41. The predicted octanol–water partition coefficient (Wildman–Crippen LogP) is 5.86. The molecule has 0 bridgehead atoms. The molecule has 2 N–H and O–H groups in total. The van der Waals surface area contributed by atoms with Gasteiger partial charge in [0, 0.05) is 5.69 Å². The van der Waals surface area contributed by atoms with E-state index in [1.54, 1.807) is 6.07 Å². The normalized spacial score (nSPS) is 13.6. The van der Waals surface area contributed by atoms with Gasteiger partial charge in [-0.2, -0.15) is 26.3 Å². The average molecular weight is 473 g/mol. The van der Waals surface area contributed by atoms with E-state index in [0.29, 0.717) is 0 Å². The zero-order valence-corrected chi connectivity index (χ0v) is 16.8. The Kier molecular flexibility index (Phi) is 7.85. The lowest BCUT2D eigenvalue weighted by Crippen LogP contribution is -2.24. The standard InChI is InChI=1S/C18H18F6NO5P/c1-28-15-9-12(7-8-14(15)26)16(25-13-5-3-2-4-6-13)31(27,29-10-17(19,20)21)30-11-18(22,23)24/h2-9,16,25-26H,10-11H2,1H3. The molecule has 0 radical (unpaired) electrons. The maximum atomic E-state index is 13.3. The van der Waals surface area contributed by atoms with Crippen molar-refractivity contribution in [2.24, 2.45) is 0 Å². The van der Waals surface area contributed by atoms with Crippen LogP contribution in [0.2, 0.25) is 0 Å². The summed E-state index contributed by atoms with van der Waals surface area (Å²) in [6.07, 6.45) is -9.97. The van der Waals surface area contributed by atoms with Gasteiger partial charge in [-0.15, -0.1) is 0 Å². The highest BCUT2D eigenvalue weighted by Crippen LogP contribution is 2.62. The van der Waals surface area contributed by atoms with Crippen LogP contribution in [-0.2, 0) is 13.6 Å². The van der Waals surface area contributed by atoms with Gasteiger partial charge in [-0.25, -0.2) is 0 Å². The molecule has 0 aliphatic carbocycles. The molecule has 2 aromatic carbocycles. The van der Waals surface area contributed by atoms with Gasteiger partial charge >= 0.3 is 19.9 Å². The van der Waals surface area contributed by atoms with E-state index in [4.69, 9.17) is 4.74 Å². The number of para-hydroxylation sites is 1. The van der Waals surface area contributed by atoms with Gasteiger partial charge in [0.05, 0.1) is 7.11 Å². The second kappa shape index (κ2) is 9.80. The number of nitrogens with one attached hydrogen (secondary N) is 1. The minimum absolute atomic E-state index is 0.105. The molecule has 13 heteroatoms. The molecular formula is C18H18F6NO5P. The van der Waals surface area contributed by atoms with E-state index in [1.807, 2.05) is 0 Å². The van der Waals surface area contributed by atoms with Crippen LogP contribution >= 0.6 is 7.60 Å². The van der Waals surface area contributed by atoms with Crippen molar-refractivity contribution >= 4 is 13.3 Å². The molecule has 0 amide bonds. The maximum absolute atomic E-state index is 13.3. The van der Waals surface area contributed by atoms with Gasteiger partial charge in [0.1, 0.15) is 0 Å².